The van der Waals surface area contributed by atoms with Gasteiger partial charge in [0.25, 0.3) is 5.91 Å². The Morgan fingerprint density at radius 3 is 2.46 bits per heavy atom. The van der Waals surface area contributed by atoms with Crippen LogP contribution in [0.4, 0.5) is 0 Å². The normalized spacial score (nSPS) is 15.7. The first kappa shape index (κ1) is 19.5. The number of benzene rings is 1. The lowest BCUT2D eigenvalue weighted by atomic mass is 9.89. The average Bonchev–Trinajstić information content (AvgIpc) is 2.68. The summed E-state index contributed by atoms with van der Waals surface area (Å²) in [6.45, 7) is 0.363. The van der Waals surface area contributed by atoms with Crippen LogP contribution in [0.3, 0.4) is 0 Å². The molecule has 0 aliphatic carbocycles. The SMILES string of the molecule is COc1cc2c(cc1OC)C(CC(=O)O)N(C(=O)c1ccc(=O)n(C)c1)CC2. The van der Waals surface area contributed by atoms with Crippen molar-refractivity contribution in [2.45, 2.75) is 18.9 Å². The maximum atomic E-state index is 13.1. The van der Waals surface area contributed by atoms with Crippen LogP contribution in [0.15, 0.2) is 35.3 Å². The molecule has 3 rings (SSSR count). The number of nitrogens with zero attached hydrogens (tertiary/aromatic N) is 2. The lowest BCUT2D eigenvalue weighted by molar-refractivity contribution is -0.138. The van der Waals surface area contributed by atoms with Gasteiger partial charge in [-0.1, -0.05) is 0 Å². The van der Waals surface area contributed by atoms with E-state index in [0.29, 0.717) is 30.0 Å². The third kappa shape index (κ3) is 3.58. The van der Waals surface area contributed by atoms with E-state index in [9.17, 15) is 19.5 Å². The molecule has 2 heterocycles. The number of carbonyl (C=O) groups is 2. The van der Waals surface area contributed by atoms with Crippen molar-refractivity contribution in [1.29, 1.82) is 0 Å². The molecule has 1 N–H and O–H groups in total. The molecule has 8 heteroatoms. The lowest BCUT2D eigenvalue weighted by Gasteiger charge is -2.37. The predicted octanol–water partition coefficient (Wildman–Crippen LogP) is 1.62. The van der Waals surface area contributed by atoms with E-state index in [4.69, 9.17) is 9.47 Å². The molecule has 0 spiro atoms. The number of fused-ring (bicyclic) bond motifs is 1. The van der Waals surface area contributed by atoms with Crippen molar-refractivity contribution in [3.8, 4) is 11.5 Å². The third-order valence-corrected chi connectivity index (χ3v) is 4.96. The summed E-state index contributed by atoms with van der Waals surface area (Å²) >= 11 is 0. The van der Waals surface area contributed by atoms with Gasteiger partial charge >= 0.3 is 5.97 Å². The van der Waals surface area contributed by atoms with E-state index in [1.807, 2.05) is 6.07 Å². The monoisotopic (exact) mass is 386 g/mol. The molecule has 0 fully saturated rings. The summed E-state index contributed by atoms with van der Waals surface area (Å²) in [5, 5.41) is 9.43. The van der Waals surface area contributed by atoms with E-state index in [0.717, 1.165) is 11.1 Å². The van der Waals surface area contributed by atoms with Crippen LogP contribution in [-0.4, -0.2) is 47.2 Å². The highest BCUT2D eigenvalue weighted by molar-refractivity contribution is 5.94. The van der Waals surface area contributed by atoms with Gasteiger partial charge in [0, 0.05) is 25.9 Å². The number of ether oxygens (including phenoxy) is 2. The molecule has 0 radical (unpaired) electrons. The maximum absolute atomic E-state index is 13.1. The van der Waals surface area contributed by atoms with Gasteiger partial charge in [-0.05, 0) is 35.7 Å². The van der Waals surface area contributed by atoms with Crippen molar-refractivity contribution >= 4 is 11.9 Å². The molecular formula is C20H22N2O6. The number of carboxylic acids is 1. The Morgan fingerprint density at radius 2 is 1.86 bits per heavy atom. The van der Waals surface area contributed by atoms with Gasteiger partial charge in [0.05, 0.1) is 32.2 Å². The number of pyridine rings is 1. The Bertz CT molecular complexity index is 981. The number of amides is 1. The van der Waals surface area contributed by atoms with Gasteiger partial charge in [-0.3, -0.25) is 14.4 Å². The first-order chi connectivity index (χ1) is 13.3. The number of methoxy groups -OCH3 is 2. The Kier molecular flexibility index (Phi) is 5.39. The zero-order valence-electron chi connectivity index (χ0n) is 16.0. The molecule has 148 valence electrons. The van der Waals surface area contributed by atoms with E-state index in [-0.39, 0.29) is 17.9 Å². The van der Waals surface area contributed by atoms with Crippen molar-refractivity contribution in [2.24, 2.45) is 7.05 Å². The fourth-order valence-corrected chi connectivity index (χ4v) is 3.54. The Hall–Kier alpha value is -3.29. The van der Waals surface area contributed by atoms with E-state index < -0.39 is 12.0 Å². The van der Waals surface area contributed by atoms with E-state index in [2.05, 4.69) is 0 Å². The zero-order chi connectivity index (χ0) is 20.4. The molecule has 1 aliphatic rings. The largest absolute Gasteiger partial charge is 0.493 e. The van der Waals surface area contributed by atoms with Gasteiger partial charge in [0.2, 0.25) is 5.56 Å². The van der Waals surface area contributed by atoms with Crippen LogP contribution in [0.1, 0.15) is 33.9 Å². The van der Waals surface area contributed by atoms with Crippen molar-refractivity contribution in [1.82, 2.24) is 9.47 Å². The first-order valence-electron chi connectivity index (χ1n) is 8.80. The van der Waals surface area contributed by atoms with Crippen molar-refractivity contribution < 1.29 is 24.2 Å². The lowest BCUT2D eigenvalue weighted by Crippen LogP contribution is -2.41. The minimum atomic E-state index is -1.01. The van der Waals surface area contributed by atoms with Crippen molar-refractivity contribution in [3.63, 3.8) is 0 Å². The molecule has 0 saturated heterocycles. The molecule has 1 aromatic carbocycles. The maximum Gasteiger partial charge on any atom is 0.305 e. The number of hydrogen-bond donors (Lipinski definition) is 1. The summed E-state index contributed by atoms with van der Waals surface area (Å²) in [4.78, 5) is 37.8. The van der Waals surface area contributed by atoms with Crippen molar-refractivity contribution in [3.05, 3.63) is 57.5 Å². The number of hydrogen-bond acceptors (Lipinski definition) is 5. The van der Waals surface area contributed by atoms with Gasteiger partial charge in [0.1, 0.15) is 0 Å². The fraction of sp³-hybridized carbons (Fsp3) is 0.350. The second kappa shape index (κ2) is 7.75. The Morgan fingerprint density at radius 1 is 1.18 bits per heavy atom. The van der Waals surface area contributed by atoms with Crippen LogP contribution < -0.4 is 15.0 Å². The molecule has 0 saturated carbocycles. The second-order valence-electron chi connectivity index (χ2n) is 6.64. The summed E-state index contributed by atoms with van der Waals surface area (Å²) in [6.07, 6.45) is 1.79. The molecule has 1 unspecified atom stereocenters. The zero-order valence-corrected chi connectivity index (χ0v) is 16.0. The molecule has 1 aromatic heterocycles. The van der Waals surface area contributed by atoms with Crippen molar-refractivity contribution in [2.75, 3.05) is 20.8 Å². The first-order valence-corrected chi connectivity index (χ1v) is 8.80. The van der Waals surface area contributed by atoms with Gasteiger partial charge in [-0.2, -0.15) is 0 Å². The van der Waals surface area contributed by atoms with Crippen LogP contribution in [0.25, 0.3) is 0 Å². The van der Waals surface area contributed by atoms with E-state index >= 15 is 0 Å². The smallest absolute Gasteiger partial charge is 0.305 e. The highest BCUT2D eigenvalue weighted by atomic mass is 16.5. The number of aliphatic carboxylic acids is 1. The Balaban J connectivity index is 2.05. The Labute approximate surface area is 161 Å². The molecule has 1 amide bonds. The summed E-state index contributed by atoms with van der Waals surface area (Å²) in [6, 6.07) is 5.71. The van der Waals surface area contributed by atoms with Crippen LogP contribution >= 0.6 is 0 Å². The minimum absolute atomic E-state index is 0.223. The van der Waals surface area contributed by atoms with E-state index in [1.165, 1.54) is 37.1 Å². The van der Waals surface area contributed by atoms with Crippen LogP contribution in [0, 0.1) is 0 Å². The molecule has 1 aliphatic heterocycles. The molecule has 8 nitrogen and oxygen atoms in total. The standard InChI is InChI=1S/C20H22N2O6/c1-21-11-13(4-5-18(21)23)20(26)22-7-6-12-8-16(27-2)17(28-3)9-14(12)15(22)10-19(24)25/h4-5,8-9,11,15H,6-7,10H2,1-3H3,(H,24,25). The topological polar surface area (TPSA) is 98.1 Å². The molecule has 0 bridgehead atoms. The quantitative estimate of drug-likeness (QED) is 0.839. The molecule has 2 aromatic rings. The summed E-state index contributed by atoms with van der Waals surface area (Å²) in [7, 11) is 4.61. The number of carbonyl (C=O) groups excluding carboxylic acids is 1. The van der Waals surface area contributed by atoms with Gasteiger partial charge < -0.3 is 24.0 Å². The summed E-state index contributed by atoms with van der Waals surface area (Å²) in [5.74, 6) is -0.283. The van der Waals surface area contributed by atoms with Gasteiger partial charge in [-0.15, -0.1) is 0 Å². The van der Waals surface area contributed by atoms with E-state index in [1.54, 1.807) is 18.0 Å². The number of aryl methyl sites for hydroxylation is 1. The van der Waals surface area contributed by atoms with Crippen LogP contribution in [0.5, 0.6) is 11.5 Å². The molecular weight excluding hydrogens is 364 g/mol. The number of rotatable bonds is 5. The van der Waals surface area contributed by atoms with Crippen LogP contribution in [0.2, 0.25) is 0 Å². The fourth-order valence-electron chi connectivity index (χ4n) is 3.54. The average molecular weight is 386 g/mol. The number of aromatic nitrogens is 1. The van der Waals surface area contributed by atoms with Crippen LogP contribution in [-0.2, 0) is 18.3 Å². The number of carboxylic acid groups (broad SMARTS) is 1. The highest BCUT2D eigenvalue weighted by Gasteiger charge is 2.34. The molecule has 1 atom stereocenters. The second-order valence-corrected chi connectivity index (χ2v) is 6.64. The minimum Gasteiger partial charge on any atom is -0.493 e. The predicted molar refractivity (Wildman–Crippen MR) is 101 cm³/mol. The summed E-state index contributed by atoms with van der Waals surface area (Å²) in [5.41, 5.74) is 1.76. The van der Waals surface area contributed by atoms with Gasteiger partial charge in [0.15, 0.2) is 11.5 Å². The van der Waals surface area contributed by atoms with Gasteiger partial charge in [-0.25, -0.2) is 0 Å². The highest BCUT2D eigenvalue weighted by Crippen LogP contribution is 2.39. The summed E-state index contributed by atoms with van der Waals surface area (Å²) < 4.78 is 12.0. The molecule has 28 heavy (non-hydrogen) atoms. The third-order valence-electron chi connectivity index (χ3n) is 4.96.